The number of hydrogen-bond acceptors (Lipinski definition) is 3. The number of aromatic nitrogens is 2. The fourth-order valence-corrected chi connectivity index (χ4v) is 1.47. The van der Waals surface area contributed by atoms with Crippen molar-refractivity contribution in [2.45, 2.75) is 26.3 Å². The van der Waals surface area contributed by atoms with Gasteiger partial charge in [0.2, 0.25) is 5.91 Å². The van der Waals surface area contributed by atoms with Gasteiger partial charge in [-0.25, -0.2) is 4.98 Å². The monoisotopic (exact) mass is 260 g/mol. The lowest BCUT2D eigenvalue weighted by atomic mass is 10.1. The van der Waals surface area contributed by atoms with Gasteiger partial charge in [-0.1, -0.05) is 13.8 Å². The molecule has 0 spiro atoms. The lowest BCUT2D eigenvalue weighted by Gasteiger charge is -2.16. The van der Waals surface area contributed by atoms with Crippen LogP contribution in [0.5, 0.6) is 0 Å². The fourth-order valence-electron chi connectivity index (χ4n) is 1.47. The summed E-state index contributed by atoms with van der Waals surface area (Å²) >= 11 is 0. The zero-order valence-corrected chi connectivity index (χ0v) is 11.3. The second-order valence-electron chi connectivity index (χ2n) is 4.49. The Morgan fingerprint density at radius 3 is 2.65 bits per heavy atom. The van der Waals surface area contributed by atoms with Crippen molar-refractivity contribution in [3.8, 4) is 0 Å². The van der Waals surface area contributed by atoms with Crippen molar-refractivity contribution in [2.75, 3.05) is 6.54 Å². The number of imidazole rings is 1. The van der Waals surface area contributed by atoms with E-state index in [0.29, 0.717) is 5.92 Å². The molecule has 0 aromatic carbocycles. The Hall–Kier alpha value is -1.07. The van der Waals surface area contributed by atoms with Crippen molar-refractivity contribution in [1.29, 1.82) is 0 Å². The maximum Gasteiger partial charge on any atom is 0.219 e. The van der Waals surface area contributed by atoms with Crippen LogP contribution in [0.3, 0.4) is 0 Å². The molecule has 1 aromatic heterocycles. The number of amides is 1. The minimum Gasteiger partial charge on any atom is -0.370 e. The number of nitrogens with one attached hydrogen (secondary N) is 1. The Balaban J connectivity index is 0.00000256. The molecule has 1 atom stereocenters. The number of carbonyl (C=O) groups excluding carboxylic acids is 1. The molecule has 98 valence electrons. The molecular formula is C11H21ClN4O. The SMILES string of the molecule is CC(C)CNC(CC(N)=O)c1cn(C)cn1.Cl. The lowest BCUT2D eigenvalue weighted by molar-refractivity contribution is -0.118. The molecule has 5 nitrogen and oxygen atoms in total. The van der Waals surface area contributed by atoms with E-state index in [4.69, 9.17) is 5.73 Å². The van der Waals surface area contributed by atoms with E-state index >= 15 is 0 Å². The lowest BCUT2D eigenvalue weighted by Crippen LogP contribution is -2.29. The van der Waals surface area contributed by atoms with Gasteiger partial charge in [-0.3, -0.25) is 4.79 Å². The summed E-state index contributed by atoms with van der Waals surface area (Å²) in [5, 5.41) is 3.30. The van der Waals surface area contributed by atoms with E-state index in [1.54, 1.807) is 6.33 Å². The zero-order chi connectivity index (χ0) is 12.1. The molecule has 0 radical (unpaired) electrons. The first-order chi connectivity index (χ1) is 7.49. The summed E-state index contributed by atoms with van der Waals surface area (Å²) in [6, 6.07) is -0.0823. The third kappa shape index (κ3) is 5.70. The van der Waals surface area contributed by atoms with Gasteiger partial charge in [-0.05, 0) is 12.5 Å². The summed E-state index contributed by atoms with van der Waals surface area (Å²) in [6.07, 6.45) is 3.91. The number of carbonyl (C=O) groups is 1. The maximum atomic E-state index is 11.0. The molecule has 0 bridgehead atoms. The van der Waals surface area contributed by atoms with E-state index in [-0.39, 0.29) is 30.8 Å². The van der Waals surface area contributed by atoms with Gasteiger partial charge < -0.3 is 15.6 Å². The molecule has 0 aliphatic rings. The standard InChI is InChI=1S/C11H20N4O.ClH/c1-8(2)5-13-9(4-11(12)16)10-6-15(3)7-14-10;/h6-9,13H,4-5H2,1-3H3,(H2,12,16);1H. The molecule has 3 N–H and O–H groups in total. The molecule has 0 fully saturated rings. The molecule has 1 amide bonds. The number of rotatable bonds is 6. The van der Waals surface area contributed by atoms with Gasteiger partial charge in [0.1, 0.15) is 0 Å². The van der Waals surface area contributed by atoms with E-state index in [1.165, 1.54) is 0 Å². The van der Waals surface area contributed by atoms with Crippen molar-refractivity contribution in [3.05, 3.63) is 18.2 Å². The highest BCUT2D eigenvalue weighted by Crippen LogP contribution is 2.14. The third-order valence-electron chi connectivity index (χ3n) is 2.26. The van der Waals surface area contributed by atoms with Crippen molar-refractivity contribution < 1.29 is 4.79 Å². The van der Waals surface area contributed by atoms with Crippen LogP contribution in [0.25, 0.3) is 0 Å². The number of nitrogens with zero attached hydrogens (tertiary/aromatic N) is 2. The molecule has 1 unspecified atom stereocenters. The van der Waals surface area contributed by atoms with Crippen LogP contribution in [-0.4, -0.2) is 22.0 Å². The predicted octanol–water partition coefficient (Wildman–Crippen LogP) is 1.00. The summed E-state index contributed by atoms with van der Waals surface area (Å²) in [4.78, 5) is 15.2. The highest BCUT2D eigenvalue weighted by atomic mass is 35.5. The van der Waals surface area contributed by atoms with Crippen molar-refractivity contribution in [2.24, 2.45) is 18.7 Å². The predicted molar refractivity (Wildman–Crippen MR) is 69.8 cm³/mol. The fraction of sp³-hybridized carbons (Fsp3) is 0.636. The van der Waals surface area contributed by atoms with Crippen molar-refractivity contribution in [3.63, 3.8) is 0 Å². The van der Waals surface area contributed by atoms with Gasteiger partial charge in [-0.15, -0.1) is 12.4 Å². The Bertz CT molecular complexity index is 351. The van der Waals surface area contributed by atoms with Gasteiger partial charge >= 0.3 is 0 Å². The Morgan fingerprint density at radius 2 is 2.24 bits per heavy atom. The Morgan fingerprint density at radius 1 is 1.59 bits per heavy atom. The average Bonchev–Trinajstić information content (AvgIpc) is 2.58. The number of halogens is 1. The molecule has 1 rings (SSSR count). The van der Waals surface area contributed by atoms with E-state index in [9.17, 15) is 4.79 Å². The second kappa shape index (κ2) is 7.29. The molecule has 1 aromatic rings. The van der Waals surface area contributed by atoms with Crippen LogP contribution in [0.2, 0.25) is 0 Å². The minimum atomic E-state index is -0.313. The van der Waals surface area contributed by atoms with Crippen LogP contribution in [0.15, 0.2) is 12.5 Å². The summed E-state index contributed by atoms with van der Waals surface area (Å²) in [7, 11) is 1.90. The highest BCUT2D eigenvalue weighted by molar-refractivity contribution is 5.85. The molecule has 0 aliphatic heterocycles. The second-order valence-corrected chi connectivity index (χ2v) is 4.49. The molecular weight excluding hydrogens is 240 g/mol. The van der Waals surface area contributed by atoms with Crippen molar-refractivity contribution >= 4 is 18.3 Å². The number of hydrogen-bond donors (Lipinski definition) is 2. The summed E-state index contributed by atoms with van der Waals surface area (Å²) in [5.41, 5.74) is 6.09. The molecule has 0 saturated heterocycles. The third-order valence-corrected chi connectivity index (χ3v) is 2.26. The van der Waals surface area contributed by atoms with Gasteiger partial charge in [0, 0.05) is 19.7 Å². The quantitative estimate of drug-likeness (QED) is 0.802. The molecule has 0 saturated carbocycles. The first-order valence-electron chi connectivity index (χ1n) is 5.48. The van der Waals surface area contributed by atoms with E-state index in [2.05, 4.69) is 24.1 Å². The highest BCUT2D eigenvalue weighted by Gasteiger charge is 2.16. The maximum absolute atomic E-state index is 11.0. The number of primary amides is 1. The van der Waals surface area contributed by atoms with Crippen LogP contribution in [0.1, 0.15) is 32.0 Å². The number of aryl methyl sites for hydroxylation is 1. The van der Waals surface area contributed by atoms with Crippen LogP contribution in [0, 0.1) is 5.92 Å². The smallest absolute Gasteiger partial charge is 0.219 e. The van der Waals surface area contributed by atoms with Crippen LogP contribution in [-0.2, 0) is 11.8 Å². The Kier molecular flexibility index (Phi) is 6.83. The summed E-state index contributed by atoms with van der Waals surface area (Å²) < 4.78 is 1.86. The zero-order valence-electron chi connectivity index (χ0n) is 10.5. The molecule has 1 heterocycles. The summed E-state index contributed by atoms with van der Waals surface area (Å²) in [5.74, 6) is 0.214. The largest absolute Gasteiger partial charge is 0.370 e. The van der Waals surface area contributed by atoms with Gasteiger partial charge in [0.25, 0.3) is 0 Å². The Labute approximate surface area is 108 Å². The average molecular weight is 261 g/mol. The van der Waals surface area contributed by atoms with Crippen LogP contribution >= 0.6 is 12.4 Å². The molecule has 6 heteroatoms. The number of nitrogens with two attached hydrogens (primary N) is 1. The van der Waals surface area contributed by atoms with Gasteiger partial charge in [0.05, 0.1) is 18.1 Å². The van der Waals surface area contributed by atoms with Gasteiger partial charge in [-0.2, -0.15) is 0 Å². The minimum absolute atomic E-state index is 0. The van der Waals surface area contributed by atoms with E-state index in [0.717, 1.165) is 12.2 Å². The van der Waals surface area contributed by atoms with Crippen molar-refractivity contribution in [1.82, 2.24) is 14.9 Å². The van der Waals surface area contributed by atoms with E-state index < -0.39 is 0 Å². The molecule has 17 heavy (non-hydrogen) atoms. The van der Waals surface area contributed by atoms with Crippen LogP contribution in [0.4, 0.5) is 0 Å². The first kappa shape index (κ1) is 15.9. The van der Waals surface area contributed by atoms with E-state index in [1.807, 2.05) is 17.8 Å². The van der Waals surface area contributed by atoms with Crippen LogP contribution < -0.4 is 11.1 Å². The molecule has 0 aliphatic carbocycles. The first-order valence-corrected chi connectivity index (χ1v) is 5.48. The topological polar surface area (TPSA) is 72.9 Å². The normalized spacial score (nSPS) is 12.2. The van der Waals surface area contributed by atoms with Gasteiger partial charge in [0.15, 0.2) is 0 Å². The summed E-state index contributed by atoms with van der Waals surface area (Å²) in [6.45, 7) is 5.08.